The largest absolute Gasteiger partial charge is 0.376 e. The van der Waals surface area contributed by atoms with Crippen LogP contribution >= 0.6 is 11.6 Å². The van der Waals surface area contributed by atoms with Crippen LogP contribution in [0.2, 0.25) is 5.02 Å². The Morgan fingerprint density at radius 1 is 1.35 bits per heavy atom. The number of carbonyl (C=O) groups excluding carboxylic acids is 1. The molecule has 1 saturated heterocycles. The first-order valence-electron chi connectivity index (χ1n) is 9.98. The number of morpholine rings is 1. The topological polar surface area (TPSA) is 80.5 Å². The number of halogens is 2. The zero-order valence-electron chi connectivity index (χ0n) is 16.9. The van der Waals surface area contributed by atoms with E-state index in [4.69, 9.17) is 20.9 Å². The number of ether oxygens (including phenoxy) is 1. The number of nitrogens with one attached hydrogen (secondary N) is 1. The van der Waals surface area contributed by atoms with Crippen LogP contribution in [-0.2, 0) is 4.74 Å². The minimum absolute atomic E-state index is 0.00374. The summed E-state index contributed by atoms with van der Waals surface area (Å²) < 4.78 is 25.6. The minimum atomic E-state index is -0.449. The van der Waals surface area contributed by atoms with E-state index in [-0.39, 0.29) is 18.3 Å². The number of amides is 1. The van der Waals surface area contributed by atoms with E-state index in [1.807, 2.05) is 6.92 Å². The number of hydrogen-bond acceptors (Lipinski definition) is 6. The highest BCUT2D eigenvalue weighted by molar-refractivity contribution is 6.31. The molecular weight excluding hydrogens is 423 g/mol. The van der Waals surface area contributed by atoms with E-state index in [2.05, 4.69) is 20.4 Å². The first-order chi connectivity index (χ1) is 15.0. The zero-order chi connectivity index (χ0) is 21.8. The molecule has 1 fully saturated rings. The quantitative estimate of drug-likeness (QED) is 0.624. The summed E-state index contributed by atoms with van der Waals surface area (Å²) in [5.74, 6) is -0.363. The first-order valence-corrected chi connectivity index (χ1v) is 10.4. The predicted octanol–water partition coefficient (Wildman–Crippen LogP) is 3.72. The molecule has 1 aromatic carbocycles. The summed E-state index contributed by atoms with van der Waals surface area (Å²) in [4.78, 5) is 18.8. The molecule has 1 aliphatic heterocycles. The highest BCUT2D eigenvalue weighted by Crippen LogP contribution is 2.31. The van der Waals surface area contributed by atoms with Gasteiger partial charge in [-0.1, -0.05) is 22.8 Å². The van der Waals surface area contributed by atoms with Crippen LogP contribution < -0.4 is 5.32 Å². The average molecular weight is 445 g/mol. The maximum Gasteiger partial charge on any atom is 0.273 e. The van der Waals surface area contributed by atoms with Gasteiger partial charge >= 0.3 is 0 Å². The van der Waals surface area contributed by atoms with Crippen LogP contribution in [0.3, 0.4) is 0 Å². The van der Waals surface area contributed by atoms with Gasteiger partial charge in [-0.25, -0.2) is 4.39 Å². The Morgan fingerprint density at radius 2 is 2.16 bits per heavy atom. The van der Waals surface area contributed by atoms with Crippen LogP contribution in [0.4, 0.5) is 4.39 Å². The third kappa shape index (κ3) is 4.92. The van der Waals surface area contributed by atoms with Crippen molar-refractivity contribution in [2.75, 3.05) is 26.2 Å². The van der Waals surface area contributed by atoms with Crippen LogP contribution in [0, 0.1) is 5.82 Å². The van der Waals surface area contributed by atoms with Crippen LogP contribution in [0.5, 0.6) is 0 Å². The number of carbonyl (C=O) groups is 1. The smallest absolute Gasteiger partial charge is 0.273 e. The molecule has 3 aromatic rings. The van der Waals surface area contributed by atoms with Crippen molar-refractivity contribution in [2.24, 2.45) is 0 Å². The van der Waals surface area contributed by atoms with Gasteiger partial charge in [-0.2, -0.15) is 0 Å². The van der Waals surface area contributed by atoms with Gasteiger partial charge in [0.15, 0.2) is 11.5 Å². The maximum atomic E-state index is 14.7. The molecule has 2 atom stereocenters. The average Bonchev–Trinajstić information content (AvgIpc) is 3.27. The molecule has 162 valence electrons. The van der Waals surface area contributed by atoms with E-state index in [1.165, 1.54) is 6.07 Å². The molecule has 0 saturated carbocycles. The fraction of sp³-hybridized carbons (Fsp3) is 0.318. The molecule has 2 aromatic heterocycles. The Bertz CT molecular complexity index is 1030. The summed E-state index contributed by atoms with van der Waals surface area (Å²) in [6.07, 6.45) is 3.25. The van der Waals surface area contributed by atoms with Crippen LogP contribution in [-0.4, -0.2) is 53.3 Å². The molecule has 4 rings (SSSR count). The van der Waals surface area contributed by atoms with E-state index in [0.717, 1.165) is 5.56 Å². The predicted molar refractivity (Wildman–Crippen MR) is 113 cm³/mol. The minimum Gasteiger partial charge on any atom is -0.376 e. The summed E-state index contributed by atoms with van der Waals surface area (Å²) in [5, 5.41) is 7.03. The van der Waals surface area contributed by atoms with Gasteiger partial charge < -0.3 is 14.6 Å². The normalized spacial score (nSPS) is 18.0. The van der Waals surface area contributed by atoms with Gasteiger partial charge in [-0.3, -0.25) is 14.7 Å². The Kier molecular flexibility index (Phi) is 6.60. The fourth-order valence-corrected chi connectivity index (χ4v) is 3.97. The van der Waals surface area contributed by atoms with Crippen molar-refractivity contribution < 1.29 is 18.4 Å². The van der Waals surface area contributed by atoms with Crippen LogP contribution in [0.1, 0.15) is 29.0 Å². The second kappa shape index (κ2) is 9.55. The summed E-state index contributed by atoms with van der Waals surface area (Å²) >= 11 is 6.34. The Morgan fingerprint density at radius 3 is 2.90 bits per heavy atom. The maximum absolute atomic E-state index is 14.7. The van der Waals surface area contributed by atoms with Crippen molar-refractivity contribution in [1.82, 2.24) is 20.4 Å². The number of rotatable bonds is 6. The lowest BCUT2D eigenvalue weighted by molar-refractivity contribution is -0.0346. The third-order valence-electron chi connectivity index (χ3n) is 5.21. The monoisotopic (exact) mass is 444 g/mol. The third-order valence-corrected chi connectivity index (χ3v) is 5.54. The van der Waals surface area contributed by atoms with Gasteiger partial charge in [-0.15, -0.1) is 0 Å². The number of pyridine rings is 1. The lowest BCUT2D eigenvalue weighted by atomic mass is 10.0. The highest BCUT2D eigenvalue weighted by Gasteiger charge is 2.30. The molecule has 0 radical (unpaired) electrons. The molecule has 1 amide bonds. The number of nitrogens with zero attached hydrogens (tertiary/aromatic N) is 3. The van der Waals surface area contributed by atoms with Gasteiger partial charge in [0.2, 0.25) is 0 Å². The van der Waals surface area contributed by atoms with Crippen molar-refractivity contribution in [1.29, 1.82) is 0 Å². The molecule has 2 unspecified atom stereocenters. The Balaban J connectivity index is 1.52. The van der Waals surface area contributed by atoms with Crippen LogP contribution in [0.25, 0.3) is 11.3 Å². The molecular formula is C22H22ClFN4O3. The molecule has 1 N–H and O–H groups in total. The summed E-state index contributed by atoms with van der Waals surface area (Å²) in [6, 6.07) is 9.23. The van der Waals surface area contributed by atoms with Gasteiger partial charge in [-0.05, 0) is 31.2 Å². The highest BCUT2D eigenvalue weighted by atomic mass is 35.5. The van der Waals surface area contributed by atoms with Crippen molar-refractivity contribution in [2.45, 2.75) is 19.1 Å². The number of aromatic nitrogens is 2. The molecule has 0 aliphatic carbocycles. The van der Waals surface area contributed by atoms with E-state index >= 15 is 0 Å². The van der Waals surface area contributed by atoms with Crippen molar-refractivity contribution in [3.05, 3.63) is 70.9 Å². The molecule has 1 aliphatic rings. The Hall–Kier alpha value is -2.81. The van der Waals surface area contributed by atoms with Gasteiger partial charge in [0.05, 0.1) is 18.8 Å². The van der Waals surface area contributed by atoms with Crippen LogP contribution in [0.15, 0.2) is 53.3 Å². The summed E-state index contributed by atoms with van der Waals surface area (Å²) in [6.45, 7) is 3.84. The fourth-order valence-electron chi connectivity index (χ4n) is 3.69. The van der Waals surface area contributed by atoms with Crippen molar-refractivity contribution in [3.63, 3.8) is 0 Å². The first kappa shape index (κ1) is 21.4. The lowest BCUT2D eigenvalue weighted by Gasteiger charge is -2.38. The molecule has 3 heterocycles. The molecule has 0 bridgehead atoms. The van der Waals surface area contributed by atoms with E-state index in [1.54, 1.807) is 42.7 Å². The molecule has 31 heavy (non-hydrogen) atoms. The molecule has 7 nitrogen and oxygen atoms in total. The molecule has 0 spiro atoms. The Labute approximate surface area is 184 Å². The second-order valence-electron chi connectivity index (χ2n) is 7.35. The standard InChI is InChI=1S/C22H22ClFN4O3/c1-14-13-28(9-10-30-14)19(21-16(23)3-2-4-17(21)24)12-26-22(29)18-11-20(31-27-18)15-5-7-25-8-6-15/h2-8,11,14,19H,9-10,12-13H2,1H3,(H,26,29). The van der Waals surface area contributed by atoms with Crippen molar-refractivity contribution >= 4 is 17.5 Å². The van der Waals surface area contributed by atoms with Gasteiger partial charge in [0.25, 0.3) is 5.91 Å². The van der Waals surface area contributed by atoms with Crippen molar-refractivity contribution in [3.8, 4) is 11.3 Å². The zero-order valence-corrected chi connectivity index (χ0v) is 17.7. The van der Waals surface area contributed by atoms with Gasteiger partial charge in [0, 0.05) is 54.2 Å². The van der Waals surface area contributed by atoms with E-state index in [9.17, 15) is 9.18 Å². The van der Waals surface area contributed by atoms with E-state index in [0.29, 0.717) is 36.0 Å². The lowest BCUT2D eigenvalue weighted by Crippen LogP contribution is -2.47. The molecule has 9 heteroatoms. The SMILES string of the molecule is CC1CN(C(CNC(=O)c2cc(-c3ccncc3)on2)c2c(F)cccc2Cl)CCO1. The second-order valence-corrected chi connectivity index (χ2v) is 7.76. The summed E-state index contributed by atoms with van der Waals surface area (Å²) in [7, 11) is 0. The van der Waals surface area contributed by atoms with Gasteiger partial charge in [0.1, 0.15) is 5.82 Å². The number of hydrogen-bond donors (Lipinski definition) is 1. The van der Waals surface area contributed by atoms with E-state index < -0.39 is 17.8 Å². The number of benzene rings is 1. The summed E-state index contributed by atoms with van der Waals surface area (Å²) in [5.41, 5.74) is 1.26.